The van der Waals surface area contributed by atoms with Gasteiger partial charge < -0.3 is 14.6 Å². The third-order valence-corrected chi connectivity index (χ3v) is 3.91. The summed E-state index contributed by atoms with van der Waals surface area (Å²) in [6, 6.07) is 1.64. The average molecular weight is 328 g/mol. The molecule has 1 aromatic rings. The molecule has 128 valence electrons. The van der Waals surface area contributed by atoms with Crippen LogP contribution in [0.3, 0.4) is 0 Å². The molecular weight excluding hydrogens is 304 g/mol. The number of cyclic esters (lactones) is 1. The largest absolute Gasteiger partial charge is 0.507 e. The number of phenols is 1. The van der Waals surface area contributed by atoms with E-state index in [0.717, 1.165) is 17.6 Å². The van der Waals surface area contributed by atoms with Gasteiger partial charge in [-0.3, -0.25) is 0 Å². The van der Waals surface area contributed by atoms with Crippen molar-refractivity contribution in [2.75, 3.05) is 7.11 Å². The number of benzene rings is 1. The van der Waals surface area contributed by atoms with Crippen molar-refractivity contribution in [2.24, 2.45) is 0 Å². The van der Waals surface area contributed by atoms with E-state index in [-0.39, 0.29) is 12.4 Å². The fourth-order valence-corrected chi connectivity index (χ4v) is 2.82. The fraction of sp³-hybridized carbons (Fsp3) is 0.350. The van der Waals surface area contributed by atoms with Crippen LogP contribution in [0, 0.1) is 0 Å². The van der Waals surface area contributed by atoms with Gasteiger partial charge in [-0.05, 0) is 39.7 Å². The van der Waals surface area contributed by atoms with Crippen molar-refractivity contribution in [1.82, 2.24) is 0 Å². The Hall–Kier alpha value is -2.49. The molecule has 1 aromatic carbocycles. The molecule has 1 aliphatic rings. The molecule has 0 bridgehead atoms. The van der Waals surface area contributed by atoms with Crippen LogP contribution < -0.4 is 4.74 Å². The molecule has 0 fully saturated rings. The van der Waals surface area contributed by atoms with E-state index in [2.05, 4.69) is 12.7 Å². The molecule has 0 unspecified atom stereocenters. The molecule has 0 amide bonds. The number of phenolic OH excluding ortho intramolecular Hbond substituents is 1. The first-order chi connectivity index (χ1) is 11.3. The second-order valence-corrected chi connectivity index (χ2v) is 6.32. The molecule has 0 aromatic heterocycles. The molecule has 0 radical (unpaired) electrons. The molecule has 0 aliphatic carbocycles. The zero-order valence-electron chi connectivity index (χ0n) is 14.7. The standard InChI is InChI=1S/C20H24O4/c1-12(2)8-14(4)9-13(3)6-7-15-18(23-5)10-16-17(19(15)21)11-24-20(16)22/h6,8,10,21H,4,7,9,11H2,1-3,5H3. The van der Waals surface area contributed by atoms with E-state index >= 15 is 0 Å². The summed E-state index contributed by atoms with van der Waals surface area (Å²) in [6.07, 6.45) is 5.41. The van der Waals surface area contributed by atoms with Gasteiger partial charge in [0.2, 0.25) is 0 Å². The van der Waals surface area contributed by atoms with Crippen LogP contribution in [0.1, 0.15) is 48.7 Å². The Kier molecular flexibility index (Phi) is 5.50. The molecule has 0 atom stereocenters. The molecule has 4 heteroatoms. The van der Waals surface area contributed by atoms with Gasteiger partial charge >= 0.3 is 5.97 Å². The Morgan fingerprint density at radius 3 is 2.75 bits per heavy atom. The Morgan fingerprint density at radius 2 is 2.12 bits per heavy atom. The summed E-state index contributed by atoms with van der Waals surface area (Å²) in [7, 11) is 1.53. The van der Waals surface area contributed by atoms with Gasteiger partial charge in [0.05, 0.1) is 12.7 Å². The number of ether oxygens (including phenoxy) is 2. The smallest absolute Gasteiger partial charge is 0.339 e. The van der Waals surface area contributed by atoms with Crippen LogP contribution in [0.2, 0.25) is 0 Å². The predicted octanol–water partition coefficient (Wildman–Crippen LogP) is 4.47. The zero-order chi connectivity index (χ0) is 17.9. The highest BCUT2D eigenvalue weighted by Gasteiger charge is 2.28. The summed E-state index contributed by atoms with van der Waals surface area (Å²) in [6.45, 7) is 10.3. The van der Waals surface area contributed by atoms with Crippen LogP contribution in [0.15, 0.2) is 41.5 Å². The molecule has 24 heavy (non-hydrogen) atoms. The number of rotatable bonds is 6. The molecule has 1 aliphatic heterocycles. The highest BCUT2D eigenvalue weighted by atomic mass is 16.5. The fourth-order valence-electron chi connectivity index (χ4n) is 2.82. The lowest BCUT2D eigenvalue weighted by molar-refractivity contribution is 0.0534. The van der Waals surface area contributed by atoms with Gasteiger partial charge in [0.15, 0.2) is 0 Å². The maximum atomic E-state index is 11.7. The molecular formula is C20H24O4. The van der Waals surface area contributed by atoms with Crippen molar-refractivity contribution in [2.45, 2.75) is 40.2 Å². The topological polar surface area (TPSA) is 55.8 Å². The zero-order valence-corrected chi connectivity index (χ0v) is 14.7. The van der Waals surface area contributed by atoms with E-state index in [9.17, 15) is 9.90 Å². The first-order valence-corrected chi connectivity index (χ1v) is 7.90. The van der Waals surface area contributed by atoms with Crippen molar-refractivity contribution in [3.05, 3.63) is 58.2 Å². The van der Waals surface area contributed by atoms with Crippen LogP contribution in [0.25, 0.3) is 0 Å². The Labute approximate surface area is 143 Å². The van der Waals surface area contributed by atoms with Crippen molar-refractivity contribution in [3.63, 3.8) is 0 Å². The molecule has 0 spiro atoms. The van der Waals surface area contributed by atoms with E-state index in [0.29, 0.717) is 28.9 Å². The molecule has 0 saturated carbocycles. The summed E-state index contributed by atoms with van der Waals surface area (Å²) < 4.78 is 10.3. The van der Waals surface area contributed by atoms with Crippen molar-refractivity contribution in [3.8, 4) is 11.5 Å². The summed E-state index contributed by atoms with van der Waals surface area (Å²) in [5.41, 5.74) is 5.01. The predicted molar refractivity (Wildman–Crippen MR) is 94.4 cm³/mol. The van der Waals surface area contributed by atoms with Gasteiger partial charge in [0.1, 0.15) is 18.1 Å². The third kappa shape index (κ3) is 3.88. The molecule has 4 nitrogen and oxygen atoms in total. The van der Waals surface area contributed by atoms with E-state index < -0.39 is 5.97 Å². The molecule has 1 heterocycles. The summed E-state index contributed by atoms with van der Waals surface area (Å²) >= 11 is 0. The molecule has 2 rings (SSSR count). The number of carbonyl (C=O) groups is 1. The van der Waals surface area contributed by atoms with Crippen LogP contribution >= 0.6 is 0 Å². The van der Waals surface area contributed by atoms with E-state index in [1.165, 1.54) is 12.7 Å². The quantitative estimate of drug-likeness (QED) is 0.475. The minimum Gasteiger partial charge on any atom is -0.507 e. The van der Waals surface area contributed by atoms with E-state index in [1.54, 1.807) is 6.07 Å². The molecule has 1 N–H and O–H groups in total. The summed E-state index contributed by atoms with van der Waals surface area (Å²) in [5, 5.41) is 10.5. The van der Waals surface area contributed by atoms with Crippen LogP contribution in [0.4, 0.5) is 0 Å². The first-order valence-electron chi connectivity index (χ1n) is 7.90. The number of hydrogen-bond acceptors (Lipinski definition) is 4. The number of hydrogen-bond donors (Lipinski definition) is 1. The average Bonchev–Trinajstić information content (AvgIpc) is 2.86. The lowest BCUT2D eigenvalue weighted by atomic mass is 9.98. The van der Waals surface area contributed by atoms with Gasteiger partial charge in [-0.2, -0.15) is 0 Å². The number of carbonyl (C=O) groups excluding carboxylic acids is 1. The SMILES string of the molecule is C=C(C=C(C)C)CC(C)=CCc1c(OC)cc2c(c1O)COC2=O. The summed E-state index contributed by atoms with van der Waals surface area (Å²) in [5.74, 6) is 0.162. The van der Waals surface area contributed by atoms with Crippen LogP contribution in [-0.2, 0) is 17.8 Å². The Balaban J connectivity index is 2.24. The van der Waals surface area contributed by atoms with Crippen LogP contribution in [-0.4, -0.2) is 18.2 Å². The normalized spacial score (nSPS) is 13.3. The van der Waals surface area contributed by atoms with Gasteiger partial charge in [-0.25, -0.2) is 4.79 Å². The number of allylic oxidation sites excluding steroid dienone is 5. The Morgan fingerprint density at radius 1 is 1.42 bits per heavy atom. The number of fused-ring (bicyclic) bond motifs is 1. The van der Waals surface area contributed by atoms with Crippen molar-refractivity contribution >= 4 is 5.97 Å². The lowest BCUT2D eigenvalue weighted by Gasteiger charge is -2.12. The second-order valence-electron chi connectivity index (χ2n) is 6.32. The van der Waals surface area contributed by atoms with Crippen molar-refractivity contribution in [1.29, 1.82) is 0 Å². The van der Waals surface area contributed by atoms with E-state index in [1.807, 2.05) is 26.8 Å². The Bertz CT molecular complexity index is 734. The van der Waals surface area contributed by atoms with Crippen LogP contribution in [0.5, 0.6) is 11.5 Å². The minimum atomic E-state index is -0.421. The number of methoxy groups -OCH3 is 1. The maximum Gasteiger partial charge on any atom is 0.339 e. The summed E-state index contributed by atoms with van der Waals surface area (Å²) in [4.78, 5) is 11.7. The second kappa shape index (κ2) is 7.39. The van der Waals surface area contributed by atoms with Gasteiger partial charge in [0, 0.05) is 11.1 Å². The van der Waals surface area contributed by atoms with Crippen molar-refractivity contribution < 1.29 is 19.4 Å². The highest BCUT2D eigenvalue weighted by molar-refractivity contribution is 5.95. The monoisotopic (exact) mass is 328 g/mol. The molecule has 0 saturated heterocycles. The highest BCUT2D eigenvalue weighted by Crippen LogP contribution is 2.38. The van der Waals surface area contributed by atoms with Gasteiger partial charge in [-0.1, -0.05) is 35.5 Å². The van der Waals surface area contributed by atoms with Gasteiger partial charge in [-0.15, -0.1) is 0 Å². The number of esters is 1. The minimum absolute atomic E-state index is 0.0855. The third-order valence-electron chi connectivity index (χ3n) is 3.91. The maximum absolute atomic E-state index is 11.7. The van der Waals surface area contributed by atoms with E-state index in [4.69, 9.17) is 9.47 Å². The first kappa shape index (κ1) is 17.9. The number of aromatic hydroxyl groups is 1. The van der Waals surface area contributed by atoms with Gasteiger partial charge in [0.25, 0.3) is 0 Å². The lowest BCUT2D eigenvalue weighted by Crippen LogP contribution is -1.99.